The summed E-state index contributed by atoms with van der Waals surface area (Å²) in [7, 11) is 0. The molecule has 1 atom stereocenters. The van der Waals surface area contributed by atoms with Crippen molar-refractivity contribution in [1.29, 1.82) is 0 Å². The van der Waals surface area contributed by atoms with Crippen LogP contribution in [0.15, 0.2) is 30.3 Å². The summed E-state index contributed by atoms with van der Waals surface area (Å²) in [5.41, 5.74) is 7.05. The molecule has 0 aromatic heterocycles. The number of carbonyl (C=O) groups excluding carboxylic acids is 1. The first-order valence-corrected chi connectivity index (χ1v) is 8.90. The van der Waals surface area contributed by atoms with Gasteiger partial charge in [-0.25, -0.2) is 0 Å². The normalized spacial score (nSPS) is 12.0. The van der Waals surface area contributed by atoms with Gasteiger partial charge in [0.1, 0.15) is 0 Å². The zero-order valence-corrected chi connectivity index (χ0v) is 13.9. The molecule has 0 saturated heterocycles. The number of rotatable bonds is 10. The molecule has 1 rings (SSSR count). The molecule has 1 aromatic carbocycles. The Morgan fingerprint density at radius 3 is 2.71 bits per heavy atom. The summed E-state index contributed by atoms with van der Waals surface area (Å²) in [5, 5.41) is 2.92. The Labute approximate surface area is 132 Å². The molecule has 1 amide bonds. The van der Waals surface area contributed by atoms with Crippen LogP contribution in [0.25, 0.3) is 0 Å². The molecule has 0 bridgehead atoms. The molecule has 0 heterocycles. The number of thioether (sulfide) groups is 1. The lowest BCUT2D eigenvalue weighted by molar-refractivity contribution is -0.122. The highest BCUT2D eigenvalue weighted by molar-refractivity contribution is 7.98. The van der Waals surface area contributed by atoms with Crippen molar-refractivity contribution in [2.75, 3.05) is 36.5 Å². The Balaban J connectivity index is 2.25. The van der Waals surface area contributed by atoms with E-state index in [1.807, 2.05) is 24.5 Å². The SMILES string of the molecule is CCN(CCCNC(=O)[C@@H](N)CCSC)c1ccccc1. The predicted octanol–water partition coefficient (Wildman–Crippen LogP) is 2.10. The zero-order valence-electron chi connectivity index (χ0n) is 13.0. The average Bonchev–Trinajstić information content (AvgIpc) is 2.53. The van der Waals surface area contributed by atoms with Gasteiger partial charge in [0.25, 0.3) is 0 Å². The van der Waals surface area contributed by atoms with E-state index in [-0.39, 0.29) is 11.9 Å². The highest BCUT2D eigenvalue weighted by Crippen LogP contribution is 2.12. The van der Waals surface area contributed by atoms with Gasteiger partial charge in [-0.3, -0.25) is 4.79 Å². The summed E-state index contributed by atoms with van der Waals surface area (Å²) >= 11 is 1.71. The number of nitrogens with zero attached hydrogens (tertiary/aromatic N) is 1. The molecular weight excluding hydrogens is 282 g/mol. The van der Waals surface area contributed by atoms with Crippen LogP contribution in [0.4, 0.5) is 5.69 Å². The molecule has 4 nitrogen and oxygen atoms in total. The smallest absolute Gasteiger partial charge is 0.236 e. The van der Waals surface area contributed by atoms with E-state index in [9.17, 15) is 4.79 Å². The third-order valence-electron chi connectivity index (χ3n) is 3.38. The van der Waals surface area contributed by atoms with Gasteiger partial charge in [-0.05, 0) is 43.9 Å². The van der Waals surface area contributed by atoms with Crippen LogP contribution in [-0.4, -0.2) is 43.6 Å². The van der Waals surface area contributed by atoms with Crippen molar-refractivity contribution < 1.29 is 4.79 Å². The maximum Gasteiger partial charge on any atom is 0.236 e. The number of anilines is 1. The van der Waals surface area contributed by atoms with Crippen molar-refractivity contribution in [1.82, 2.24) is 5.32 Å². The molecule has 0 unspecified atom stereocenters. The van der Waals surface area contributed by atoms with E-state index in [0.29, 0.717) is 6.54 Å². The Morgan fingerprint density at radius 1 is 1.38 bits per heavy atom. The van der Waals surface area contributed by atoms with Crippen LogP contribution in [0.1, 0.15) is 19.8 Å². The molecule has 0 aliphatic carbocycles. The van der Waals surface area contributed by atoms with Gasteiger partial charge in [0.05, 0.1) is 6.04 Å². The number of nitrogens with two attached hydrogens (primary N) is 1. The summed E-state index contributed by atoms with van der Waals surface area (Å²) in [6.07, 6.45) is 3.68. The third kappa shape index (κ3) is 6.87. The van der Waals surface area contributed by atoms with E-state index in [1.165, 1.54) is 5.69 Å². The number of benzene rings is 1. The van der Waals surface area contributed by atoms with E-state index < -0.39 is 0 Å². The van der Waals surface area contributed by atoms with Crippen LogP contribution >= 0.6 is 11.8 Å². The summed E-state index contributed by atoms with van der Waals surface area (Å²) in [5.74, 6) is 0.887. The van der Waals surface area contributed by atoms with Crippen molar-refractivity contribution in [3.8, 4) is 0 Å². The van der Waals surface area contributed by atoms with Gasteiger partial charge in [0, 0.05) is 25.3 Å². The molecule has 0 radical (unpaired) electrons. The van der Waals surface area contributed by atoms with Crippen LogP contribution in [-0.2, 0) is 4.79 Å². The highest BCUT2D eigenvalue weighted by Gasteiger charge is 2.12. The van der Waals surface area contributed by atoms with Crippen molar-refractivity contribution in [2.45, 2.75) is 25.8 Å². The largest absolute Gasteiger partial charge is 0.372 e. The minimum Gasteiger partial charge on any atom is -0.372 e. The molecule has 1 aromatic rings. The van der Waals surface area contributed by atoms with Gasteiger partial charge in [-0.1, -0.05) is 18.2 Å². The first-order chi connectivity index (χ1) is 10.2. The first-order valence-electron chi connectivity index (χ1n) is 7.51. The maximum atomic E-state index is 11.8. The quantitative estimate of drug-likeness (QED) is 0.650. The standard InChI is InChI=1S/C16H27N3OS/c1-3-19(14-8-5-4-6-9-14)12-7-11-18-16(20)15(17)10-13-21-2/h4-6,8-9,15H,3,7,10-13,17H2,1-2H3,(H,18,20)/t15-/m0/s1. The molecule has 21 heavy (non-hydrogen) atoms. The minimum absolute atomic E-state index is 0.0354. The lowest BCUT2D eigenvalue weighted by Crippen LogP contribution is -2.41. The number of hydrogen-bond acceptors (Lipinski definition) is 4. The van der Waals surface area contributed by atoms with Crippen molar-refractivity contribution in [3.63, 3.8) is 0 Å². The van der Waals surface area contributed by atoms with Gasteiger partial charge >= 0.3 is 0 Å². The second kappa shape index (κ2) is 10.5. The number of carbonyl (C=O) groups is 1. The summed E-state index contributed by atoms with van der Waals surface area (Å²) in [6, 6.07) is 9.96. The Morgan fingerprint density at radius 2 is 2.10 bits per heavy atom. The van der Waals surface area contributed by atoms with Gasteiger partial charge in [0.15, 0.2) is 0 Å². The summed E-state index contributed by atoms with van der Waals surface area (Å²) < 4.78 is 0. The minimum atomic E-state index is -0.381. The Bertz CT molecular complexity index is 400. The van der Waals surface area contributed by atoms with E-state index in [0.717, 1.165) is 31.7 Å². The number of amides is 1. The monoisotopic (exact) mass is 309 g/mol. The van der Waals surface area contributed by atoms with Crippen molar-refractivity contribution in [3.05, 3.63) is 30.3 Å². The van der Waals surface area contributed by atoms with E-state index >= 15 is 0 Å². The first kappa shape index (κ1) is 17.9. The molecule has 0 fully saturated rings. The van der Waals surface area contributed by atoms with E-state index in [1.54, 1.807) is 11.8 Å². The van der Waals surface area contributed by atoms with Crippen molar-refractivity contribution in [2.24, 2.45) is 5.73 Å². The fraction of sp³-hybridized carbons (Fsp3) is 0.562. The van der Waals surface area contributed by atoms with Gasteiger partial charge in [0.2, 0.25) is 5.91 Å². The fourth-order valence-electron chi connectivity index (χ4n) is 2.10. The molecule has 3 N–H and O–H groups in total. The van der Waals surface area contributed by atoms with Crippen LogP contribution in [0, 0.1) is 0 Å². The Kier molecular flexibility index (Phi) is 8.94. The Hall–Kier alpha value is -1.20. The lowest BCUT2D eigenvalue weighted by Gasteiger charge is -2.23. The van der Waals surface area contributed by atoms with Crippen LogP contribution in [0.3, 0.4) is 0 Å². The van der Waals surface area contributed by atoms with Gasteiger partial charge < -0.3 is 16.0 Å². The van der Waals surface area contributed by atoms with E-state index in [4.69, 9.17) is 5.73 Å². The summed E-state index contributed by atoms with van der Waals surface area (Å²) in [4.78, 5) is 14.1. The second-order valence-corrected chi connectivity index (χ2v) is 5.93. The number of para-hydroxylation sites is 1. The number of nitrogens with one attached hydrogen (secondary N) is 1. The molecule has 0 saturated carbocycles. The predicted molar refractivity (Wildman–Crippen MR) is 92.9 cm³/mol. The molecule has 0 aliphatic heterocycles. The van der Waals surface area contributed by atoms with Crippen LogP contribution in [0.2, 0.25) is 0 Å². The molecule has 0 aliphatic rings. The third-order valence-corrected chi connectivity index (χ3v) is 4.02. The molecular formula is C16H27N3OS. The summed E-state index contributed by atoms with van der Waals surface area (Å²) in [6.45, 7) is 4.71. The van der Waals surface area contributed by atoms with Crippen LogP contribution in [0.5, 0.6) is 0 Å². The van der Waals surface area contributed by atoms with Crippen molar-refractivity contribution >= 4 is 23.4 Å². The second-order valence-electron chi connectivity index (χ2n) is 4.95. The molecule has 0 spiro atoms. The average molecular weight is 309 g/mol. The van der Waals surface area contributed by atoms with E-state index in [2.05, 4.69) is 29.3 Å². The van der Waals surface area contributed by atoms with Crippen LogP contribution < -0.4 is 16.0 Å². The topological polar surface area (TPSA) is 58.4 Å². The highest BCUT2D eigenvalue weighted by atomic mass is 32.2. The van der Waals surface area contributed by atoms with Gasteiger partial charge in [-0.2, -0.15) is 11.8 Å². The maximum absolute atomic E-state index is 11.8. The number of hydrogen-bond donors (Lipinski definition) is 2. The lowest BCUT2D eigenvalue weighted by atomic mass is 10.2. The zero-order chi connectivity index (χ0) is 15.5. The fourth-order valence-corrected chi connectivity index (χ4v) is 2.59. The molecule has 118 valence electrons. The molecule has 5 heteroatoms. The van der Waals surface area contributed by atoms with Gasteiger partial charge in [-0.15, -0.1) is 0 Å².